The van der Waals surface area contributed by atoms with E-state index in [2.05, 4.69) is 12.2 Å². The van der Waals surface area contributed by atoms with E-state index in [1.165, 1.54) is 18.9 Å². The van der Waals surface area contributed by atoms with Crippen molar-refractivity contribution in [3.63, 3.8) is 0 Å². The normalized spacial score (nSPS) is 22.8. The van der Waals surface area contributed by atoms with Crippen LogP contribution in [0.2, 0.25) is 0 Å². The Morgan fingerprint density at radius 1 is 1.44 bits per heavy atom. The van der Waals surface area contributed by atoms with Crippen LogP contribution in [-0.2, 0) is 0 Å². The highest BCUT2D eigenvalue weighted by Gasteiger charge is 2.23. The maximum absolute atomic E-state index is 13.7. The van der Waals surface area contributed by atoms with Gasteiger partial charge >= 0.3 is 0 Å². The molecule has 0 radical (unpaired) electrons. The van der Waals surface area contributed by atoms with Crippen LogP contribution in [0.25, 0.3) is 0 Å². The van der Waals surface area contributed by atoms with Crippen molar-refractivity contribution in [1.29, 1.82) is 5.26 Å². The Labute approximate surface area is 108 Å². The zero-order chi connectivity index (χ0) is 13.1. The highest BCUT2D eigenvalue weighted by atomic mass is 19.1. The lowest BCUT2D eigenvalue weighted by Gasteiger charge is -2.17. The molecule has 0 bridgehead atoms. The van der Waals surface area contributed by atoms with Crippen LogP contribution in [0.3, 0.4) is 0 Å². The van der Waals surface area contributed by atoms with E-state index in [9.17, 15) is 4.39 Å². The molecule has 1 aliphatic rings. The molecule has 2 rings (SSSR count). The van der Waals surface area contributed by atoms with Crippen molar-refractivity contribution in [2.75, 3.05) is 5.32 Å². The second-order valence-electron chi connectivity index (χ2n) is 5.17. The quantitative estimate of drug-likeness (QED) is 0.875. The molecule has 1 aromatic rings. The third kappa shape index (κ3) is 2.64. The summed E-state index contributed by atoms with van der Waals surface area (Å²) >= 11 is 0. The van der Waals surface area contributed by atoms with Gasteiger partial charge in [-0.05, 0) is 44.2 Å². The summed E-state index contributed by atoms with van der Waals surface area (Å²) < 4.78 is 13.7. The second-order valence-corrected chi connectivity index (χ2v) is 5.17. The van der Waals surface area contributed by atoms with Gasteiger partial charge in [0.2, 0.25) is 0 Å². The van der Waals surface area contributed by atoms with Crippen molar-refractivity contribution < 1.29 is 4.39 Å². The van der Waals surface area contributed by atoms with Crippen molar-refractivity contribution in [3.8, 4) is 6.07 Å². The molecule has 1 N–H and O–H groups in total. The number of hydrogen-bond acceptors (Lipinski definition) is 2. The van der Waals surface area contributed by atoms with Gasteiger partial charge in [0.25, 0.3) is 0 Å². The summed E-state index contributed by atoms with van der Waals surface area (Å²) in [6.45, 7) is 3.97. The molecular formula is C15H19FN2. The van der Waals surface area contributed by atoms with Crippen molar-refractivity contribution in [1.82, 2.24) is 0 Å². The van der Waals surface area contributed by atoms with Crippen molar-refractivity contribution in [3.05, 3.63) is 29.1 Å². The monoisotopic (exact) mass is 246 g/mol. The Kier molecular flexibility index (Phi) is 3.86. The summed E-state index contributed by atoms with van der Waals surface area (Å²) in [6.07, 6.45) is 4.74. The third-order valence-corrected chi connectivity index (χ3v) is 3.95. The molecular weight excluding hydrogens is 227 g/mol. The van der Waals surface area contributed by atoms with Gasteiger partial charge in [0.15, 0.2) is 0 Å². The first-order valence-electron chi connectivity index (χ1n) is 6.60. The summed E-state index contributed by atoms with van der Waals surface area (Å²) in [7, 11) is 0. The van der Waals surface area contributed by atoms with Gasteiger partial charge in [-0.2, -0.15) is 5.26 Å². The van der Waals surface area contributed by atoms with E-state index < -0.39 is 0 Å². The number of anilines is 1. The Bertz CT molecular complexity index is 476. The van der Waals surface area contributed by atoms with Crippen LogP contribution in [-0.4, -0.2) is 6.04 Å². The number of benzene rings is 1. The molecule has 2 unspecified atom stereocenters. The van der Waals surface area contributed by atoms with E-state index in [4.69, 9.17) is 5.26 Å². The average molecular weight is 246 g/mol. The number of nitrogens with one attached hydrogen (secondary N) is 1. The number of hydrogen-bond donors (Lipinski definition) is 1. The molecule has 3 heteroatoms. The predicted molar refractivity (Wildman–Crippen MR) is 70.9 cm³/mol. The van der Waals surface area contributed by atoms with Gasteiger partial charge < -0.3 is 5.32 Å². The van der Waals surface area contributed by atoms with Crippen LogP contribution in [0.4, 0.5) is 10.1 Å². The number of rotatable bonds is 3. The average Bonchev–Trinajstić information content (AvgIpc) is 2.82. The molecule has 0 spiro atoms. The summed E-state index contributed by atoms with van der Waals surface area (Å²) in [6, 6.07) is 5.46. The van der Waals surface area contributed by atoms with Gasteiger partial charge in [-0.3, -0.25) is 0 Å². The van der Waals surface area contributed by atoms with Gasteiger partial charge in [0.05, 0.1) is 11.6 Å². The smallest absolute Gasteiger partial charge is 0.129 e. The van der Waals surface area contributed by atoms with E-state index in [-0.39, 0.29) is 5.82 Å². The molecule has 96 valence electrons. The maximum atomic E-state index is 13.7. The lowest BCUT2D eigenvalue weighted by molar-refractivity contribution is 0.525. The fourth-order valence-electron chi connectivity index (χ4n) is 2.69. The minimum absolute atomic E-state index is 0.304. The second kappa shape index (κ2) is 5.39. The molecule has 18 heavy (non-hydrogen) atoms. The van der Waals surface area contributed by atoms with E-state index in [1.807, 2.05) is 6.07 Å². The summed E-state index contributed by atoms with van der Waals surface area (Å²) in [4.78, 5) is 0. The summed E-state index contributed by atoms with van der Waals surface area (Å²) in [5, 5.41) is 12.3. The zero-order valence-corrected chi connectivity index (χ0v) is 11.0. The molecule has 2 nitrogen and oxygen atoms in total. The molecule has 1 fully saturated rings. The Morgan fingerprint density at radius 3 is 2.83 bits per heavy atom. The van der Waals surface area contributed by atoms with Crippen molar-refractivity contribution in [2.24, 2.45) is 5.92 Å². The molecule has 1 aromatic carbocycles. The first-order valence-corrected chi connectivity index (χ1v) is 6.60. The van der Waals surface area contributed by atoms with Crippen LogP contribution >= 0.6 is 0 Å². The number of nitriles is 1. The van der Waals surface area contributed by atoms with Gasteiger partial charge in [0, 0.05) is 17.3 Å². The first-order chi connectivity index (χ1) is 8.63. The van der Waals surface area contributed by atoms with Crippen LogP contribution in [0.1, 0.15) is 43.7 Å². The molecule has 0 amide bonds. The van der Waals surface area contributed by atoms with E-state index in [0.717, 1.165) is 24.4 Å². The summed E-state index contributed by atoms with van der Waals surface area (Å²) in [5.74, 6) is 0.480. The van der Waals surface area contributed by atoms with Crippen LogP contribution in [0.5, 0.6) is 0 Å². The minimum atomic E-state index is -0.304. The topological polar surface area (TPSA) is 35.8 Å². The van der Waals surface area contributed by atoms with Gasteiger partial charge in [0.1, 0.15) is 5.82 Å². The van der Waals surface area contributed by atoms with Gasteiger partial charge in [-0.15, -0.1) is 0 Å². The summed E-state index contributed by atoms with van der Waals surface area (Å²) in [5.41, 5.74) is 1.76. The zero-order valence-electron chi connectivity index (χ0n) is 11.0. The SMILES string of the molecule is CCC1CCC(Nc2cc(C#N)cc(F)c2C)C1. The Balaban J connectivity index is 2.14. The molecule has 0 aliphatic heterocycles. The lowest BCUT2D eigenvalue weighted by Crippen LogP contribution is -2.16. The highest BCUT2D eigenvalue weighted by Crippen LogP contribution is 2.31. The first kappa shape index (κ1) is 12.9. The molecule has 1 aliphatic carbocycles. The minimum Gasteiger partial charge on any atom is -0.382 e. The molecule has 0 aromatic heterocycles. The maximum Gasteiger partial charge on any atom is 0.129 e. The number of halogens is 1. The molecule has 1 saturated carbocycles. The predicted octanol–water partition coefficient (Wildman–Crippen LogP) is 4.00. The van der Waals surface area contributed by atoms with Crippen molar-refractivity contribution >= 4 is 5.69 Å². The van der Waals surface area contributed by atoms with Crippen molar-refractivity contribution in [2.45, 2.75) is 45.6 Å². The Morgan fingerprint density at radius 2 is 2.22 bits per heavy atom. The third-order valence-electron chi connectivity index (χ3n) is 3.95. The van der Waals surface area contributed by atoms with E-state index in [1.54, 1.807) is 13.0 Å². The van der Waals surface area contributed by atoms with Crippen LogP contribution in [0.15, 0.2) is 12.1 Å². The van der Waals surface area contributed by atoms with Crippen LogP contribution < -0.4 is 5.32 Å². The fourth-order valence-corrected chi connectivity index (χ4v) is 2.69. The largest absolute Gasteiger partial charge is 0.382 e. The molecule has 0 saturated heterocycles. The standard InChI is InChI=1S/C15H19FN2/c1-3-11-4-5-13(6-11)18-15-8-12(9-17)7-14(16)10(15)2/h7-8,11,13,18H,3-6H2,1-2H3. The van der Waals surface area contributed by atoms with Gasteiger partial charge in [-0.1, -0.05) is 13.3 Å². The van der Waals surface area contributed by atoms with Crippen LogP contribution in [0, 0.1) is 30.0 Å². The number of nitrogens with zero attached hydrogens (tertiary/aromatic N) is 1. The Hall–Kier alpha value is -1.56. The van der Waals surface area contributed by atoms with Gasteiger partial charge in [-0.25, -0.2) is 4.39 Å². The highest BCUT2D eigenvalue weighted by molar-refractivity contribution is 5.56. The fraction of sp³-hybridized carbons (Fsp3) is 0.533. The van der Waals surface area contributed by atoms with E-state index in [0.29, 0.717) is 17.2 Å². The molecule has 2 atom stereocenters. The van der Waals surface area contributed by atoms with E-state index >= 15 is 0 Å². The lowest BCUT2D eigenvalue weighted by atomic mass is 10.0. The molecule has 0 heterocycles.